The van der Waals surface area contributed by atoms with Crippen LogP contribution in [0, 0.1) is 20.2 Å². The third-order valence-electron chi connectivity index (χ3n) is 4.64. The molecule has 31 heavy (non-hydrogen) atoms. The van der Waals surface area contributed by atoms with E-state index in [0.29, 0.717) is 22.1 Å². The summed E-state index contributed by atoms with van der Waals surface area (Å²) in [5, 5.41) is 30.6. The van der Waals surface area contributed by atoms with Crippen LogP contribution in [0.2, 0.25) is 0 Å². The number of nitro groups is 2. The lowest BCUT2D eigenvalue weighted by molar-refractivity contribution is -0.394. The van der Waals surface area contributed by atoms with Crippen LogP contribution in [0.4, 0.5) is 11.4 Å². The molecule has 1 atom stereocenters. The number of non-ortho nitro benzene ring substituents is 1. The Morgan fingerprint density at radius 3 is 2.45 bits per heavy atom. The number of thiocarbonyl (C=S) groups is 1. The smallest absolute Gasteiger partial charge is 0.301 e. The zero-order valence-electron chi connectivity index (χ0n) is 15.9. The summed E-state index contributed by atoms with van der Waals surface area (Å²) >= 11 is 5.10. The molecule has 0 amide bonds. The summed E-state index contributed by atoms with van der Waals surface area (Å²) in [6, 6.07) is 10.5. The lowest BCUT2D eigenvalue weighted by Crippen LogP contribution is -2.26. The van der Waals surface area contributed by atoms with E-state index in [0.717, 1.165) is 11.6 Å². The maximum Gasteiger partial charge on any atom is 0.301 e. The zero-order valence-corrected chi connectivity index (χ0v) is 16.8. The minimum atomic E-state index is -0.687. The topological polar surface area (TPSA) is 149 Å². The van der Waals surface area contributed by atoms with Crippen molar-refractivity contribution in [1.82, 2.24) is 25.9 Å². The number of methoxy groups -OCH3 is 1. The molecular weight excluding hydrogens is 426 g/mol. The van der Waals surface area contributed by atoms with Crippen LogP contribution in [-0.2, 0) is 0 Å². The third kappa shape index (κ3) is 3.86. The summed E-state index contributed by atoms with van der Waals surface area (Å²) in [4.78, 5) is 21.2. The van der Waals surface area contributed by atoms with Crippen LogP contribution in [0.5, 0.6) is 5.75 Å². The molecule has 1 aliphatic heterocycles. The van der Waals surface area contributed by atoms with Gasteiger partial charge in [0.2, 0.25) is 0 Å². The third-order valence-corrected chi connectivity index (χ3v) is 4.86. The van der Waals surface area contributed by atoms with Crippen molar-refractivity contribution in [3.05, 3.63) is 74.5 Å². The highest BCUT2D eigenvalue weighted by Crippen LogP contribution is 2.33. The molecule has 3 aromatic rings. The molecule has 0 bridgehead atoms. The highest BCUT2D eigenvalue weighted by molar-refractivity contribution is 7.80. The van der Waals surface area contributed by atoms with Crippen molar-refractivity contribution in [2.45, 2.75) is 6.17 Å². The van der Waals surface area contributed by atoms with Crippen molar-refractivity contribution in [3.63, 3.8) is 0 Å². The molecule has 1 saturated heterocycles. The maximum absolute atomic E-state index is 11.6. The van der Waals surface area contributed by atoms with Gasteiger partial charge in [-0.3, -0.25) is 25.7 Å². The molecule has 13 heteroatoms. The first-order chi connectivity index (χ1) is 14.9. The molecule has 1 aromatic heterocycles. The number of rotatable bonds is 6. The number of hydrogen-bond acceptors (Lipinski definition) is 8. The molecule has 3 N–H and O–H groups in total. The number of aromatic nitrogens is 2. The van der Waals surface area contributed by atoms with Gasteiger partial charge in [-0.05, 0) is 42.5 Å². The van der Waals surface area contributed by atoms with Crippen molar-refractivity contribution >= 4 is 28.7 Å². The van der Waals surface area contributed by atoms with E-state index in [1.54, 1.807) is 37.6 Å². The Bertz CT molecular complexity index is 1190. The number of hydrogen-bond donors (Lipinski definition) is 3. The fourth-order valence-electron chi connectivity index (χ4n) is 3.16. The van der Waals surface area contributed by atoms with Crippen molar-refractivity contribution in [2.75, 3.05) is 7.11 Å². The average Bonchev–Trinajstić information content (AvgIpc) is 3.39. The van der Waals surface area contributed by atoms with Gasteiger partial charge in [0.1, 0.15) is 17.6 Å². The highest BCUT2D eigenvalue weighted by atomic mass is 32.1. The molecule has 158 valence electrons. The summed E-state index contributed by atoms with van der Waals surface area (Å²) in [6.45, 7) is 0. The van der Waals surface area contributed by atoms with Crippen molar-refractivity contribution in [2.24, 2.45) is 0 Å². The Balaban J connectivity index is 1.86. The number of nitrogens with one attached hydrogen (secondary N) is 3. The van der Waals surface area contributed by atoms with Crippen LogP contribution in [-0.4, -0.2) is 31.8 Å². The molecule has 0 aliphatic carbocycles. The Morgan fingerprint density at radius 1 is 1.13 bits per heavy atom. The van der Waals surface area contributed by atoms with E-state index in [4.69, 9.17) is 17.0 Å². The van der Waals surface area contributed by atoms with E-state index in [-0.39, 0.29) is 11.4 Å². The summed E-state index contributed by atoms with van der Waals surface area (Å²) in [5.74, 6) is 0.663. The predicted octanol–water partition coefficient (Wildman–Crippen LogP) is 2.35. The second-order valence-electron chi connectivity index (χ2n) is 6.47. The van der Waals surface area contributed by atoms with Gasteiger partial charge < -0.3 is 10.1 Å². The standard InChI is InChI=1S/C18H15N7O5S/c1-30-12-5-2-10(3-6-12)16-13(17-19-18(31)21-20-17)9-23(22-16)14-7-4-11(24(26)27)8-15(14)25(28)29/h2-9,17,20H,1H3,(H2,19,21,31). The number of ether oxygens (including phenoxy) is 1. The maximum atomic E-state index is 11.6. The molecule has 0 saturated carbocycles. The minimum absolute atomic E-state index is 0.0881. The number of hydrazine groups is 1. The zero-order chi connectivity index (χ0) is 22.1. The average molecular weight is 441 g/mol. The van der Waals surface area contributed by atoms with Crippen LogP contribution in [0.15, 0.2) is 48.7 Å². The Hall–Kier alpha value is -4.10. The molecular formula is C18H15N7O5S. The predicted molar refractivity (Wildman–Crippen MR) is 114 cm³/mol. The van der Waals surface area contributed by atoms with Crippen molar-refractivity contribution in [1.29, 1.82) is 0 Å². The van der Waals surface area contributed by atoms with Gasteiger partial charge in [-0.15, -0.1) is 0 Å². The van der Waals surface area contributed by atoms with Crippen LogP contribution in [0.1, 0.15) is 11.7 Å². The SMILES string of the molecule is COc1ccc(-c2nn(-c3ccc([N+](=O)[O-])cc3[N+](=O)[O-])cc2C2NNC(=S)N2)cc1. The van der Waals surface area contributed by atoms with Crippen molar-refractivity contribution in [3.8, 4) is 22.7 Å². The largest absolute Gasteiger partial charge is 0.497 e. The minimum Gasteiger partial charge on any atom is -0.497 e. The van der Waals surface area contributed by atoms with Gasteiger partial charge in [0.25, 0.3) is 5.69 Å². The van der Waals surface area contributed by atoms with E-state index >= 15 is 0 Å². The van der Waals surface area contributed by atoms with Crippen molar-refractivity contribution < 1.29 is 14.6 Å². The quantitative estimate of drug-likeness (QED) is 0.295. The Morgan fingerprint density at radius 2 is 1.87 bits per heavy atom. The van der Waals surface area contributed by atoms with E-state index in [9.17, 15) is 20.2 Å². The molecule has 2 heterocycles. The van der Waals surface area contributed by atoms with E-state index < -0.39 is 21.7 Å². The monoisotopic (exact) mass is 441 g/mol. The normalized spacial score (nSPS) is 15.3. The molecule has 1 aliphatic rings. The first-order valence-corrected chi connectivity index (χ1v) is 9.27. The summed E-state index contributed by atoms with van der Waals surface area (Å²) in [6.07, 6.45) is 1.16. The van der Waals surface area contributed by atoms with Crippen LogP contribution in [0.25, 0.3) is 16.9 Å². The molecule has 0 spiro atoms. The summed E-state index contributed by atoms with van der Waals surface area (Å²) < 4.78 is 6.51. The van der Waals surface area contributed by atoms with Gasteiger partial charge in [0.05, 0.1) is 28.7 Å². The van der Waals surface area contributed by atoms with Crippen LogP contribution < -0.4 is 20.9 Å². The second-order valence-corrected chi connectivity index (χ2v) is 6.88. The number of benzene rings is 2. The van der Waals surface area contributed by atoms with Gasteiger partial charge in [-0.1, -0.05) is 0 Å². The first-order valence-electron chi connectivity index (χ1n) is 8.86. The van der Waals surface area contributed by atoms with Gasteiger partial charge in [-0.25, -0.2) is 10.1 Å². The lowest BCUT2D eigenvalue weighted by atomic mass is 10.1. The number of nitrogens with zero attached hydrogens (tertiary/aromatic N) is 4. The van der Waals surface area contributed by atoms with Gasteiger partial charge in [-0.2, -0.15) is 5.10 Å². The van der Waals surface area contributed by atoms with Gasteiger partial charge in [0, 0.05) is 23.4 Å². The second kappa shape index (κ2) is 7.97. The van der Waals surface area contributed by atoms with E-state index in [1.807, 2.05) is 0 Å². The fraction of sp³-hybridized carbons (Fsp3) is 0.111. The van der Waals surface area contributed by atoms with E-state index in [2.05, 4.69) is 21.3 Å². The highest BCUT2D eigenvalue weighted by Gasteiger charge is 2.28. The molecule has 1 unspecified atom stereocenters. The molecule has 1 fully saturated rings. The summed E-state index contributed by atoms with van der Waals surface area (Å²) in [7, 11) is 1.56. The molecule has 4 rings (SSSR count). The molecule has 2 aromatic carbocycles. The fourth-order valence-corrected chi connectivity index (χ4v) is 3.33. The number of nitro benzene ring substituents is 2. The van der Waals surface area contributed by atoms with Crippen LogP contribution >= 0.6 is 12.2 Å². The Labute approximate surface area is 180 Å². The molecule has 12 nitrogen and oxygen atoms in total. The van der Waals surface area contributed by atoms with Gasteiger partial charge >= 0.3 is 5.69 Å². The Kier molecular flexibility index (Phi) is 5.19. The first kappa shape index (κ1) is 20.2. The lowest BCUT2D eigenvalue weighted by Gasteiger charge is -2.10. The molecule has 0 radical (unpaired) electrons. The summed E-state index contributed by atoms with van der Waals surface area (Å²) in [5.41, 5.74) is 6.97. The van der Waals surface area contributed by atoms with Crippen LogP contribution in [0.3, 0.4) is 0 Å². The van der Waals surface area contributed by atoms with E-state index in [1.165, 1.54) is 16.8 Å². The van der Waals surface area contributed by atoms with Gasteiger partial charge in [0.15, 0.2) is 5.11 Å².